The lowest BCUT2D eigenvalue weighted by Gasteiger charge is -2.20. The molecule has 1 fully saturated rings. The molecule has 1 aromatic heterocycles. The van der Waals surface area contributed by atoms with Crippen molar-refractivity contribution in [2.24, 2.45) is 0 Å². The quantitative estimate of drug-likeness (QED) is 0.677. The highest BCUT2D eigenvalue weighted by atomic mass is 16.3. The van der Waals surface area contributed by atoms with Gasteiger partial charge in [-0.15, -0.1) is 0 Å². The molecule has 2 rings (SSSR count). The van der Waals surface area contributed by atoms with Crippen molar-refractivity contribution in [1.82, 2.24) is 14.7 Å². The number of likely N-dealkylation sites (tertiary alicyclic amines) is 1. The number of hydrogen-bond acceptors (Lipinski definition) is 4. The van der Waals surface area contributed by atoms with Crippen molar-refractivity contribution >= 4 is 5.91 Å². The highest BCUT2D eigenvalue weighted by Gasteiger charge is 2.34. The van der Waals surface area contributed by atoms with E-state index in [1.54, 1.807) is 30.1 Å². The molecule has 1 aromatic rings. The van der Waals surface area contributed by atoms with Crippen molar-refractivity contribution in [3.63, 3.8) is 0 Å². The van der Waals surface area contributed by atoms with Gasteiger partial charge < -0.3 is 15.1 Å². The number of aliphatic hydroxyl groups is 2. The van der Waals surface area contributed by atoms with Gasteiger partial charge in [-0.2, -0.15) is 5.10 Å². The summed E-state index contributed by atoms with van der Waals surface area (Å²) in [6.07, 6.45) is 1.64. The van der Waals surface area contributed by atoms with Crippen LogP contribution in [0.25, 0.3) is 0 Å². The molecule has 88 valence electrons. The molecule has 0 radical (unpaired) electrons. The number of nitrogens with zero attached hydrogens (tertiary/aromatic N) is 3. The number of carbonyl (C=O) groups is 1. The lowest BCUT2D eigenvalue weighted by atomic mass is 10.3. The molecule has 1 saturated heterocycles. The largest absolute Gasteiger partial charge is 0.388 e. The third-order valence-electron chi connectivity index (χ3n) is 2.85. The molecule has 1 aliphatic rings. The molecular weight excluding hydrogens is 210 g/mol. The van der Waals surface area contributed by atoms with Crippen molar-refractivity contribution in [2.45, 2.75) is 25.2 Å². The zero-order chi connectivity index (χ0) is 11.7. The number of rotatable bonds is 2. The summed E-state index contributed by atoms with van der Waals surface area (Å²) in [6.45, 7) is 2.11. The second kappa shape index (κ2) is 4.23. The van der Waals surface area contributed by atoms with Gasteiger partial charge in [0.25, 0.3) is 0 Å². The van der Waals surface area contributed by atoms with E-state index < -0.39 is 18.2 Å². The highest BCUT2D eigenvalue weighted by Crippen LogP contribution is 2.15. The normalized spacial score (nSPS) is 27.1. The van der Waals surface area contributed by atoms with E-state index in [-0.39, 0.29) is 19.0 Å². The van der Waals surface area contributed by atoms with Crippen LogP contribution in [0, 0.1) is 0 Å². The summed E-state index contributed by atoms with van der Waals surface area (Å²) in [6, 6.07) is 1.34. The standard InChI is InChI=1S/C10H15N3O3/c1-7(13-4-2-3-11-13)10(16)12-5-8(14)9(15)6-12/h2-4,7-9,14-15H,5-6H2,1H3/t7?,8-,9+. The number of hydrogen-bond donors (Lipinski definition) is 2. The first-order valence-corrected chi connectivity index (χ1v) is 5.23. The fourth-order valence-corrected chi connectivity index (χ4v) is 1.84. The van der Waals surface area contributed by atoms with E-state index in [1.165, 1.54) is 4.90 Å². The fourth-order valence-electron chi connectivity index (χ4n) is 1.84. The van der Waals surface area contributed by atoms with Gasteiger partial charge in [0.05, 0.1) is 12.2 Å². The molecule has 0 spiro atoms. The highest BCUT2D eigenvalue weighted by molar-refractivity contribution is 5.80. The van der Waals surface area contributed by atoms with Crippen molar-refractivity contribution < 1.29 is 15.0 Å². The van der Waals surface area contributed by atoms with Crippen LogP contribution in [0.1, 0.15) is 13.0 Å². The van der Waals surface area contributed by atoms with Crippen LogP contribution in [0.5, 0.6) is 0 Å². The van der Waals surface area contributed by atoms with Crippen LogP contribution >= 0.6 is 0 Å². The Kier molecular flexibility index (Phi) is 2.93. The molecule has 0 aromatic carbocycles. The monoisotopic (exact) mass is 225 g/mol. The molecular formula is C10H15N3O3. The van der Waals surface area contributed by atoms with Crippen LogP contribution in [0.3, 0.4) is 0 Å². The summed E-state index contributed by atoms with van der Waals surface area (Å²) in [5, 5.41) is 22.7. The maximum atomic E-state index is 12.0. The van der Waals surface area contributed by atoms with E-state index in [0.717, 1.165) is 0 Å². The first-order valence-electron chi connectivity index (χ1n) is 5.23. The van der Waals surface area contributed by atoms with Gasteiger partial charge in [0.2, 0.25) is 5.91 Å². The Morgan fingerprint density at radius 1 is 1.44 bits per heavy atom. The summed E-state index contributed by atoms with van der Waals surface area (Å²) >= 11 is 0. The molecule has 2 heterocycles. The minimum Gasteiger partial charge on any atom is -0.388 e. The van der Waals surface area contributed by atoms with Crippen LogP contribution in [0.2, 0.25) is 0 Å². The number of amides is 1. The molecule has 1 amide bonds. The number of carbonyl (C=O) groups excluding carboxylic acids is 1. The Morgan fingerprint density at radius 3 is 2.56 bits per heavy atom. The van der Waals surface area contributed by atoms with Crippen LogP contribution in [-0.2, 0) is 4.79 Å². The average Bonchev–Trinajstić information content (AvgIpc) is 2.87. The zero-order valence-corrected chi connectivity index (χ0v) is 9.02. The van der Waals surface area contributed by atoms with Gasteiger partial charge in [0, 0.05) is 25.5 Å². The molecule has 16 heavy (non-hydrogen) atoms. The van der Waals surface area contributed by atoms with Gasteiger partial charge in [0.1, 0.15) is 6.04 Å². The van der Waals surface area contributed by atoms with Gasteiger partial charge in [-0.1, -0.05) is 0 Å². The summed E-state index contributed by atoms with van der Waals surface area (Å²) in [5.74, 6) is -0.140. The van der Waals surface area contributed by atoms with Crippen molar-refractivity contribution in [3.8, 4) is 0 Å². The van der Waals surface area contributed by atoms with Gasteiger partial charge >= 0.3 is 0 Å². The van der Waals surface area contributed by atoms with Crippen molar-refractivity contribution in [1.29, 1.82) is 0 Å². The lowest BCUT2D eigenvalue weighted by Crippen LogP contribution is -2.35. The summed E-state index contributed by atoms with van der Waals surface area (Å²) < 4.78 is 1.55. The van der Waals surface area contributed by atoms with Gasteiger partial charge in [-0.25, -0.2) is 0 Å². The lowest BCUT2D eigenvalue weighted by molar-refractivity contribution is -0.134. The molecule has 6 nitrogen and oxygen atoms in total. The van der Waals surface area contributed by atoms with E-state index in [0.29, 0.717) is 0 Å². The van der Waals surface area contributed by atoms with Gasteiger partial charge in [-0.05, 0) is 13.0 Å². The Bertz CT molecular complexity index is 355. The molecule has 1 unspecified atom stereocenters. The minimum atomic E-state index is -0.839. The molecule has 6 heteroatoms. The molecule has 1 aliphatic heterocycles. The predicted molar refractivity (Wildman–Crippen MR) is 55.5 cm³/mol. The first-order chi connectivity index (χ1) is 7.59. The van der Waals surface area contributed by atoms with Crippen molar-refractivity contribution in [2.75, 3.05) is 13.1 Å². The van der Waals surface area contributed by atoms with Gasteiger partial charge in [0.15, 0.2) is 0 Å². The smallest absolute Gasteiger partial charge is 0.247 e. The second-order valence-electron chi connectivity index (χ2n) is 4.04. The second-order valence-corrected chi connectivity index (χ2v) is 4.04. The Hall–Kier alpha value is -1.40. The van der Waals surface area contributed by atoms with Crippen LogP contribution in [0.15, 0.2) is 18.5 Å². The Balaban J connectivity index is 2.03. The summed E-state index contributed by atoms with van der Waals surface area (Å²) in [5.41, 5.74) is 0. The third-order valence-corrected chi connectivity index (χ3v) is 2.85. The average molecular weight is 225 g/mol. The van der Waals surface area contributed by atoms with Crippen LogP contribution in [0.4, 0.5) is 0 Å². The Labute approximate surface area is 93.1 Å². The number of aromatic nitrogens is 2. The minimum absolute atomic E-state index is 0.140. The first kappa shape index (κ1) is 11.1. The van der Waals surface area contributed by atoms with Gasteiger partial charge in [-0.3, -0.25) is 9.48 Å². The maximum Gasteiger partial charge on any atom is 0.247 e. The number of β-amino-alcohol motifs (C(OH)–C–C–N with tert-alkyl or cyclic N) is 2. The molecule has 3 atom stereocenters. The van der Waals surface area contributed by atoms with Crippen molar-refractivity contribution in [3.05, 3.63) is 18.5 Å². The zero-order valence-electron chi connectivity index (χ0n) is 9.02. The van der Waals surface area contributed by atoms with E-state index in [2.05, 4.69) is 5.10 Å². The third kappa shape index (κ3) is 1.94. The molecule has 2 N–H and O–H groups in total. The molecule has 0 aliphatic carbocycles. The maximum absolute atomic E-state index is 12.0. The topological polar surface area (TPSA) is 78.6 Å². The van der Waals surface area contributed by atoms with E-state index in [1.807, 2.05) is 0 Å². The van der Waals surface area contributed by atoms with Crippen LogP contribution in [-0.4, -0.2) is 56.1 Å². The SMILES string of the molecule is CC(C(=O)N1C[C@@H](O)[C@@H](O)C1)n1cccn1. The summed E-state index contributed by atoms with van der Waals surface area (Å²) in [7, 11) is 0. The van der Waals surface area contributed by atoms with Crippen LogP contribution < -0.4 is 0 Å². The summed E-state index contributed by atoms with van der Waals surface area (Å²) in [4.78, 5) is 13.4. The van der Waals surface area contributed by atoms with E-state index >= 15 is 0 Å². The van der Waals surface area contributed by atoms with E-state index in [9.17, 15) is 15.0 Å². The van der Waals surface area contributed by atoms with E-state index in [4.69, 9.17) is 0 Å². The Morgan fingerprint density at radius 2 is 2.06 bits per heavy atom. The molecule has 0 bridgehead atoms. The molecule has 0 saturated carbocycles. The predicted octanol–water partition coefficient (Wildman–Crippen LogP) is -0.992. The number of aliphatic hydroxyl groups excluding tert-OH is 2. The fraction of sp³-hybridized carbons (Fsp3) is 0.600.